The Labute approximate surface area is 163 Å². The molecule has 0 radical (unpaired) electrons. The summed E-state index contributed by atoms with van der Waals surface area (Å²) in [6, 6.07) is 14.3. The molecule has 0 aliphatic carbocycles. The van der Waals surface area contributed by atoms with E-state index < -0.39 is 0 Å². The highest BCUT2D eigenvalue weighted by molar-refractivity contribution is 6.31. The number of anilines is 2. The van der Waals surface area contributed by atoms with Crippen LogP contribution in [0.4, 0.5) is 11.4 Å². The minimum atomic E-state index is 0.317. The molecule has 3 aliphatic heterocycles. The third-order valence-corrected chi connectivity index (χ3v) is 5.44. The Bertz CT molecular complexity index is 893. The fourth-order valence-corrected chi connectivity index (χ4v) is 3.97. The molecule has 3 aliphatic rings. The number of para-hydroxylation sites is 2. The van der Waals surface area contributed by atoms with Crippen molar-refractivity contribution >= 4 is 23.0 Å². The van der Waals surface area contributed by atoms with Gasteiger partial charge in [-0.3, -0.25) is 4.90 Å². The molecule has 27 heavy (non-hydrogen) atoms. The van der Waals surface area contributed by atoms with Gasteiger partial charge in [0.25, 0.3) is 0 Å². The van der Waals surface area contributed by atoms with Crippen molar-refractivity contribution in [2.45, 2.75) is 6.54 Å². The van der Waals surface area contributed by atoms with Crippen LogP contribution in [0, 0.1) is 0 Å². The minimum Gasteiger partial charge on any atom is -0.454 e. The van der Waals surface area contributed by atoms with E-state index >= 15 is 0 Å². The fraction of sp³-hybridized carbons (Fsp3) is 0.300. The zero-order valence-electron chi connectivity index (χ0n) is 14.9. The molecular formula is C20H21ClN4O2. The van der Waals surface area contributed by atoms with Gasteiger partial charge >= 0.3 is 0 Å². The number of benzene rings is 2. The second-order valence-electron chi connectivity index (χ2n) is 6.91. The van der Waals surface area contributed by atoms with Crippen LogP contribution in [0.1, 0.15) is 5.56 Å². The van der Waals surface area contributed by atoms with Crippen molar-refractivity contribution in [3.63, 3.8) is 0 Å². The Morgan fingerprint density at radius 3 is 2.44 bits per heavy atom. The van der Waals surface area contributed by atoms with Gasteiger partial charge in [0, 0.05) is 32.7 Å². The number of ether oxygens (including phenoxy) is 2. The molecule has 0 aromatic heterocycles. The number of hydrogen-bond donors (Lipinski definition) is 2. The van der Waals surface area contributed by atoms with Gasteiger partial charge in [0.2, 0.25) is 6.79 Å². The van der Waals surface area contributed by atoms with E-state index in [1.807, 2.05) is 24.3 Å². The summed E-state index contributed by atoms with van der Waals surface area (Å²) < 4.78 is 10.9. The summed E-state index contributed by atoms with van der Waals surface area (Å²) in [6.07, 6.45) is 0. The second-order valence-corrected chi connectivity index (χ2v) is 7.29. The van der Waals surface area contributed by atoms with E-state index in [2.05, 4.69) is 38.6 Å². The Balaban J connectivity index is 1.22. The summed E-state index contributed by atoms with van der Waals surface area (Å²) in [4.78, 5) is 4.76. The quantitative estimate of drug-likeness (QED) is 0.791. The lowest BCUT2D eigenvalue weighted by Crippen LogP contribution is -2.47. The SMILES string of the molecule is ClC1=C(N2CCN(Cc3ccc4c(c3)OCO4)CC2)Nc2ccccc2N1. The first-order chi connectivity index (χ1) is 13.3. The van der Waals surface area contributed by atoms with Crippen molar-refractivity contribution in [2.75, 3.05) is 43.6 Å². The molecule has 2 aromatic carbocycles. The molecule has 2 N–H and O–H groups in total. The highest BCUT2D eigenvalue weighted by Gasteiger charge is 2.25. The molecule has 140 valence electrons. The Kier molecular flexibility index (Phi) is 4.22. The molecule has 0 bridgehead atoms. The molecular weight excluding hydrogens is 364 g/mol. The van der Waals surface area contributed by atoms with Crippen molar-refractivity contribution in [2.24, 2.45) is 0 Å². The van der Waals surface area contributed by atoms with Crippen LogP contribution < -0.4 is 20.1 Å². The van der Waals surface area contributed by atoms with Gasteiger partial charge in [-0.15, -0.1) is 0 Å². The summed E-state index contributed by atoms with van der Waals surface area (Å²) in [5, 5.41) is 7.41. The smallest absolute Gasteiger partial charge is 0.231 e. The van der Waals surface area contributed by atoms with Gasteiger partial charge in [0.1, 0.15) is 11.0 Å². The van der Waals surface area contributed by atoms with Crippen molar-refractivity contribution in [1.29, 1.82) is 0 Å². The molecule has 0 atom stereocenters. The Morgan fingerprint density at radius 1 is 0.889 bits per heavy atom. The molecule has 6 nitrogen and oxygen atoms in total. The lowest BCUT2D eigenvalue weighted by atomic mass is 10.1. The van der Waals surface area contributed by atoms with Gasteiger partial charge in [0.05, 0.1) is 11.4 Å². The third kappa shape index (κ3) is 3.26. The van der Waals surface area contributed by atoms with Crippen LogP contribution >= 0.6 is 11.6 Å². The molecule has 0 saturated carbocycles. The van der Waals surface area contributed by atoms with E-state index in [0.717, 1.165) is 61.4 Å². The van der Waals surface area contributed by atoms with Gasteiger partial charge in [-0.1, -0.05) is 29.8 Å². The summed E-state index contributed by atoms with van der Waals surface area (Å²) in [6.45, 7) is 5.03. The Hall–Kier alpha value is -2.57. The third-order valence-electron chi connectivity index (χ3n) is 5.16. The van der Waals surface area contributed by atoms with Crippen molar-refractivity contribution in [1.82, 2.24) is 9.80 Å². The van der Waals surface area contributed by atoms with Crippen LogP contribution in [0.15, 0.2) is 53.4 Å². The molecule has 0 spiro atoms. The monoisotopic (exact) mass is 384 g/mol. The van der Waals surface area contributed by atoms with Crippen LogP contribution in [-0.4, -0.2) is 42.8 Å². The number of rotatable bonds is 3. The van der Waals surface area contributed by atoms with Gasteiger partial charge < -0.3 is 25.0 Å². The lowest BCUT2D eigenvalue weighted by molar-refractivity contribution is 0.153. The number of hydrogen-bond acceptors (Lipinski definition) is 6. The van der Waals surface area contributed by atoms with E-state index in [4.69, 9.17) is 21.1 Å². The standard InChI is InChI=1S/C20H21ClN4O2/c21-19-20(23-16-4-2-1-3-15(16)22-19)25-9-7-24(8-10-25)12-14-5-6-17-18(11-14)27-13-26-17/h1-6,11,22-23H,7-10,12-13H2. The molecule has 0 unspecified atom stereocenters. The molecule has 0 amide bonds. The topological polar surface area (TPSA) is 49.0 Å². The highest BCUT2D eigenvalue weighted by atomic mass is 35.5. The first kappa shape index (κ1) is 16.6. The number of nitrogens with zero attached hydrogens (tertiary/aromatic N) is 2. The van der Waals surface area contributed by atoms with Crippen LogP contribution in [0.3, 0.4) is 0 Å². The van der Waals surface area contributed by atoms with Crippen molar-refractivity contribution in [3.8, 4) is 11.5 Å². The van der Waals surface area contributed by atoms with E-state index in [-0.39, 0.29) is 0 Å². The fourth-order valence-electron chi connectivity index (χ4n) is 3.71. The van der Waals surface area contributed by atoms with Crippen LogP contribution in [-0.2, 0) is 6.54 Å². The van der Waals surface area contributed by atoms with Crippen molar-refractivity contribution in [3.05, 3.63) is 59.0 Å². The number of nitrogens with one attached hydrogen (secondary N) is 2. The maximum absolute atomic E-state index is 6.49. The van der Waals surface area contributed by atoms with E-state index in [9.17, 15) is 0 Å². The normalized spacial score (nSPS) is 18.8. The summed E-state index contributed by atoms with van der Waals surface area (Å²) >= 11 is 6.49. The predicted octanol–water partition coefficient (Wildman–Crippen LogP) is 3.44. The van der Waals surface area contributed by atoms with E-state index in [0.29, 0.717) is 11.9 Å². The van der Waals surface area contributed by atoms with Gasteiger partial charge in [-0.25, -0.2) is 0 Å². The molecule has 1 saturated heterocycles. The summed E-state index contributed by atoms with van der Waals surface area (Å²) in [5.41, 5.74) is 3.31. The van der Waals surface area contributed by atoms with Crippen LogP contribution in [0.5, 0.6) is 11.5 Å². The van der Waals surface area contributed by atoms with Gasteiger partial charge in [-0.2, -0.15) is 0 Å². The highest BCUT2D eigenvalue weighted by Crippen LogP contribution is 2.34. The number of halogens is 1. The average molecular weight is 385 g/mol. The second kappa shape index (κ2) is 6.87. The molecule has 3 heterocycles. The molecule has 7 heteroatoms. The van der Waals surface area contributed by atoms with E-state index in [1.54, 1.807) is 0 Å². The van der Waals surface area contributed by atoms with Gasteiger partial charge in [-0.05, 0) is 29.8 Å². The maximum atomic E-state index is 6.49. The van der Waals surface area contributed by atoms with Crippen LogP contribution in [0.25, 0.3) is 0 Å². The number of piperazine rings is 1. The summed E-state index contributed by atoms with van der Waals surface area (Å²) in [7, 11) is 0. The average Bonchev–Trinajstić information content (AvgIpc) is 3.16. The van der Waals surface area contributed by atoms with E-state index in [1.165, 1.54) is 5.56 Å². The zero-order chi connectivity index (χ0) is 18.2. The van der Waals surface area contributed by atoms with Gasteiger partial charge in [0.15, 0.2) is 11.5 Å². The molecule has 1 fully saturated rings. The summed E-state index contributed by atoms with van der Waals surface area (Å²) in [5.74, 6) is 2.64. The maximum Gasteiger partial charge on any atom is 0.231 e. The van der Waals surface area contributed by atoms with Crippen molar-refractivity contribution < 1.29 is 9.47 Å². The van der Waals surface area contributed by atoms with Crippen LogP contribution in [0.2, 0.25) is 0 Å². The molecule has 5 rings (SSSR count). The first-order valence-electron chi connectivity index (χ1n) is 9.15. The lowest BCUT2D eigenvalue weighted by Gasteiger charge is -2.39. The largest absolute Gasteiger partial charge is 0.454 e. The Morgan fingerprint density at radius 2 is 1.63 bits per heavy atom. The zero-order valence-corrected chi connectivity index (χ0v) is 15.6. The predicted molar refractivity (Wildman–Crippen MR) is 106 cm³/mol. The number of fused-ring (bicyclic) bond motifs is 2. The minimum absolute atomic E-state index is 0.317. The molecule has 2 aromatic rings. The first-order valence-corrected chi connectivity index (χ1v) is 9.53.